The Bertz CT molecular complexity index is 673. The highest BCUT2D eigenvalue weighted by molar-refractivity contribution is 7.89. The van der Waals surface area contributed by atoms with E-state index >= 15 is 0 Å². The van der Waals surface area contributed by atoms with Gasteiger partial charge in [0.05, 0.1) is 11.4 Å². The van der Waals surface area contributed by atoms with Crippen LogP contribution in [0.2, 0.25) is 0 Å². The molecule has 0 saturated heterocycles. The van der Waals surface area contributed by atoms with Crippen molar-refractivity contribution in [2.24, 2.45) is 11.7 Å². The summed E-state index contributed by atoms with van der Waals surface area (Å²) in [6, 6.07) is 3.34. The van der Waals surface area contributed by atoms with Crippen molar-refractivity contribution < 1.29 is 12.8 Å². The maximum atomic E-state index is 13.3. The summed E-state index contributed by atoms with van der Waals surface area (Å²) in [6.07, 6.45) is 3.21. The average molecular weight is 310 g/mol. The Kier molecular flexibility index (Phi) is 4.99. The number of rotatable bonds is 4. The number of nitrogens with two attached hydrogens (primary N) is 1. The van der Waals surface area contributed by atoms with Crippen molar-refractivity contribution in [3.63, 3.8) is 0 Å². The van der Waals surface area contributed by atoms with Gasteiger partial charge in [-0.3, -0.25) is 0 Å². The van der Waals surface area contributed by atoms with Crippen molar-refractivity contribution in [1.82, 2.24) is 4.72 Å². The Labute approximate surface area is 125 Å². The molecule has 0 heterocycles. The highest BCUT2D eigenvalue weighted by atomic mass is 32.2. The fourth-order valence-electron chi connectivity index (χ4n) is 2.32. The molecule has 1 atom stereocenters. The van der Waals surface area contributed by atoms with Crippen LogP contribution in [-0.2, 0) is 10.0 Å². The molecular formula is C15H19FN2O2S. The largest absolute Gasteiger partial charge is 0.320 e. The Balaban J connectivity index is 2.30. The van der Waals surface area contributed by atoms with E-state index in [1.165, 1.54) is 6.07 Å². The molecule has 1 aliphatic carbocycles. The van der Waals surface area contributed by atoms with Crippen LogP contribution in [0, 0.1) is 23.6 Å². The van der Waals surface area contributed by atoms with Gasteiger partial charge in [-0.05, 0) is 43.9 Å². The van der Waals surface area contributed by atoms with E-state index in [4.69, 9.17) is 5.73 Å². The number of nitrogens with one attached hydrogen (secondary N) is 1. The molecule has 0 radical (unpaired) electrons. The van der Waals surface area contributed by atoms with Gasteiger partial charge in [0.1, 0.15) is 5.82 Å². The molecule has 1 aromatic carbocycles. The first kappa shape index (κ1) is 16.0. The van der Waals surface area contributed by atoms with Crippen LogP contribution in [0.25, 0.3) is 0 Å². The highest BCUT2D eigenvalue weighted by Gasteiger charge is 2.28. The standard InChI is InChI=1S/C15H19FN2O2S/c1-11(12-4-2-5-12)18-21(19,20)15-8-7-14(16)10-13(15)6-3-9-17/h7-8,10-12,18H,2,4-5,9,17H2,1H3. The third-order valence-electron chi connectivity index (χ3n) is 3.75. The number of hydrogen-bond donors (Lipinski definition) is 2. The number of halogens is 1. The fourth-order valence-corrected chi connectivity index (χ4v) is 3.78. The molecule has 0 bridgehead atoms. The number of sulfonamides is 1. The Morgan fingerprint density at radius 2 is 2.19 bits per heavy atom. The van der Waals surface area contributed by atoms with E-state index in [1.54, 1.807) is 0 Å². The molecule has 0 aliphatic heterocycles. The second-order valence-corrected chi connectivity index (χ2v) is 6.93. The lowest BCUT2D eigenvalue weighted by atomic mass is 9.81. The van der Waals surface area contributed by atoms with Crippen LogP contribution in [0.15, 0.2) is 23.1 Å². The van der Waals surface area contributed by atoms with Gasteiger partial charge >= 0.3 is 0 Å². The summed E-state index contributed by atoms with van der Waals surface area (Å²) in [5, 5.41) is 0. The van der Waals surface area contributed by atoms with Crippen LogP contribution in [0.5, 0.6) is 0 Å². The summed E-state index contributed by atoms with van der Waals surface area (Å²) in [4.78, 5) is -0.00368. The van der Waals surface area contributed by atoms with Gasteiger partial charge in [0.25, 0.3) is 0 Å². The van der Waals surface area contributed by atoms with E-state index in [9.17, 15) is 12.8 Å². The number of benzene rings is 1. The minimum atomic E-state index is -3.72. The van der Waals surface area contributed by atoms with Crippen LogP contribution in [0.1, 0.15) is 31.7 Å². The first-order chi connectivity index (χ1) is 9.94. The smallest absolute Gasteiger partial charge is 0.242 e. The zero-order chi connectivity index (χ0) is 15.5. The second kappa shape index (κ2) is 6.56. The third-order valence-corrected chi connectivity index (χ3v) is 5.37. The van der Waals surface area contributed by atoms with Crippen molar-refractivity contribution in [1.29, 1.82) is 0 Å². The van der Waals surface area contributed by atoms with Crippen LogP contribution >= 0.6 is 0 Å². The summed E-state index contributed by atoms with van der Waals surface area (Å²) in [6.45, 7) is 1.94. The molecule has 21 heavy (non-hydrogen) atoms. The molecule has 1 saturated carbocycles. The normalized spacial score (nSPS) is 16.7. The second-order valence-electron chi connectivity index (χ2n) is 5.25. The summed E-state index contributed by atoms with van der Waals surface area (Å²) < 4.78 is 40.9. The van der Waals surface area contributed by atoms with Gasteiger partial charge in [0, 0.05) is 11.6 Å². The quantitative estimate of drug-likeness (QED) is 0.830. The van der Waals surface area contributed by atoms with E-state index in [0.29, 0.717) is 5.92 Å². The van der Waals surface area contributed by atoms with Gasteiger partial charge in [-0.25, -0.2) is 17.5 Å². The van der Waals surface area contributed by atoms with E-state index in [0.717, 1.165) is 31.4 Å². The molecule has 1 aliphatic rings. The molecule has 3 N–H and O–H groups in total. The maximum absolute atomic E-state index is 13.3. The van der Waals surface area contributed by atoms with E-state index in [2.05, 4.69) is 16.6 Å². The predicted octanol–water partition coefficient (Wildman–Crippen LogP) is 1.60. The summed E-state index contributed by atoms with van der Waals surface area (Å²) in [7, 11) is -3.72. The average Bonchev–Trinajstić information content (AvgIpc) is 2.33. The van der Waals surface area contributed by atoms with Crippen LogP contribution < -0.4 is 10.5 Å². The lowest BCUT2D eigenvalue weighted by molar-refractivity contribution is 0.260. The minimum Gasteiger partial charge on any atom is -0.320 e. The first-order valence-electron chi connectivity index (χ1n) is 6.95. The minimum absolute atomic E-state index is 0.00368. The van der Waals surface area contributed by atoms with Crippen molar-refractivity contribution in [3.8, 4) is 11.8 Å². The molecule has 4 nitrogen and oxygen atoms in total. The van der Waals surface area contributed by atoms with Crippen molar-refractivity contribution in [2.75, 3.05) is 6.54 Å². The molecular weight excluding hydrogens is 291 g/mol. The summed E-state index contributed by atoms with van der Waals surface area (Å²) in [5.74, 6) is 5.03. The van der Waals surface area contributed by atoms with Gasteiger partial charge in [-0.1, -0.05) is 18.3 Å². The zero-order valence-electron chi connectivity index (χ0n) is 11.9. The van der Waals surface area contributed by atoms with E-state index in [-0.39, 0.29) is 23.0 Å². The molecule has 0 amide bonds. The first-order valence-corrected chi connectivity index (χ1v) is 8.43. The van der Waals surface area contributed by atoms with Crippen molar-refractivity contribution in [3.05, 3.63) is 29.6 Å². The van der Waals surface area contributed by atoms with Crippen LogP contribution in [-0.4, -0.2) is 21.0 Å². The topological polar surface area (TPSA) is 72.2 Å². The Hall–Kier alpha value is -1.42. The van der Waals surface area contributed by atoms with Gasteiger partial charge in [-0.2, -0.15) is 0 Å². The third kappa shape index (κ3) is 3.82. The predicted molar refractivity (Wildman–Crippen MR) is 79.5 cm³/mol. The molecule has 2 rings (SSSR count). The zero-order valence-corrected chi connectivity index (χ0v) is 12.7. The van der Waals surface area contributed by atoms with Crippen molar-refractivity contribution >= 4 is 10.0 Å². The molecule has 1 unspecified atom stereocenters. The van der Waals surface area contributed by atoms with Gasteiger partial charge in [-0.15, -0.1) is 0 Å². The lowest BCUT2D eigenvalue weighted by Gasteiger charge is -2.31. The van der Waals surface area contributed by atoms with Crippen LogP contribution in [0.4, 0.5) is 4.39 Å². The fraction of sp³-hybridized carbons (Fsp3) is 0.467. The summed E-state index contributed by atoms with van der Waals surface area (Å²) >= 11 is 0. The molecule has 6 heteroatoms. The summed E-state index contributed by atoms with van der Waals surface area (Å²) in [5.41, 5.74) is 5.42. The van der Waals surface area contributed by atoms with E-state index in [1.807, 2.05) is 6.92 Å². The Morgan fingerprint density at radius 1 is 1.48 bits per heavy atom. The maximum Gasteiger partial charge on any atom is 0.242 e. The highest BCUT2D eigenvalue weighted by Crippen LogP contribution is 2.30. The van der Waals surface area contributed by atoms with Crippen molar-refractivity contribution in [2.45, 2.75) is 37.1 Å². The number of hydrogen-bond acceptors (Lipinski definition) is 3. The molecule has 0 aromatic heterocycles. The van der Waals surface area contributed by atoms with Gasteiger partial charge in [0.15, 0.2) is 0 Å². The molecule has 0 spiro atoms. The Morgan fingerprint density at radius 3 is 2.76 bits per heavy atom. The van der Waals surface area contributed by atoms with Crippen LogP contribution in [0.3, 0.4) is 0 Å². The molecule has 114 valence electrons. The van der Waals surface area contributed by atoms with E-state index < -0.39 is 15.8 Å². The van der Waals surface area contributed by atoms with Gasteiger partial charge in [0.2, 0.25) is 10.0 Å². The van der Waals surface area contributed by atoms with Gasteiger partial charge < -0.3 is 5.73 Å². The molecule has 1 fully saturated rings. The SMILES string of the molecule is CC(NS(=O)(=O)c1ccc(F)cc1C#CCN)C1CCC1. The monoisotopic (exact) mass is 310 g/mol. The molecule has 1 aromatic rings. The lowest BCUT2D eigenvalue weighted by Crippen LogP contribution is -2.40.